The molecule has 7 N–H and O–H groups in total. The largest absolute Gasteiger partial charge is 0.398 e. The molecule has 0 fully saturated rings. The highest BCUT2D eigenvalue weighted by molar-refractivity contribution is 8.00. The summed E-state index contributed by atoms with van der Waals surface area (Å²) in [4.78, 5) is 0. The fourth-order valence-electron chi connectivity index (χ4n) is 3.52. The summed E-state index contributed by atoms with van der Waals surface area (Å²) in [6, 6.07) is 22.4. The zero-order valence-electron chi connectivity index (χ0n) is 15.2. The van der Waals surface area contributed by atoms with Crippen LogP contribution in [-0.2, 0) is 6.54 Å². The molecule has 3 aromatic carbocycles. The number of benzene rings is 3. The van der Waals surface area contributed by atoms with Crippen molar-refractivity contribution in [2.75, 3.05) is 0 Å². The third-order valence-corrected chi connectivity index (χ3v) is 5.30. The van der Waals surface area contributed by atoms with Crippen molar-refractivity contribution >= 4 is 45.3 Å². The molecule has 5 nitrogen and oxygen atoms in total. The maximum Gasteiger partial charge on any atom is 0.122 e. The minimum absolute atomic E-state index is 0.0793. The standard InChI is InChI=1S/C22H21N5S/c23-19(13-28-26)15-7-5-14(6-8-15)12-27-20-4-2-1-3-17(20)18-11-16(22(24)25)9-10-21(18)27/h1-11,13H,12,23,26H2,(H3,24,25)/b19-13-. The topological polar surface area (TPSA) is 107 Å². The van der Waals surface area contributed by atoms with Gasteiger partial charge in [0.25, 0.3) is 0 Å². The van der Waals surface area contributed by atoms with Crippen LogP contribution in [0.5, 0.6) is 0 Å². The summed E-state index contributed by atoms with van der Waals surface area (Å²) in [6.07, 6.45) is 0. The van der Waals surface area contributed by atoms with E-state index in [9.17, 15) is 0 Å². The van der Waals surface area contributed by atoms with Crippen LogP contribution in [0.4, 0.5) is 0 Å². The SMILES string of the molecule is N=C(N)c1ccc2c(c1)c1ccccc1n2Cc1ccc(/C(N)=C/SN)cc1. The van der Waals surface area contributed by atoms with Crippen molar-refractivity contribution < 1.29 is 0 Å². The number of fused-ring (bicyclic) bond motifs is 3. The van der Waals surface area contributed by atoms with Gasteiger partial charge in [-0.15, -0.1) is 0 Å². The first-order valence-corrected chi connectivity index (χ1v) is 9.78. The van der Waals surface area contributed by atoms with Gasteiger partial charge in [0.1, 0.15) is 5.84 Å². The molecule has 0 radical (unpaired) electrons. The second-order valence-electron chi connectivity index (χ2n) is 6.66. The Morgan fingerprint density at radius 1 is 0.893 bits per heavy atom. The maximum absolute atomic E-state index is 7.74. The smallest absolute Gasteiger partial charge is 0.122 e. The fraction of sp³-hybridized carbons (Fsp3) is 0.0455. The van der Waals surface area contributed by atoms with Gasteiger partial charge in [-0.1, -0.05) is 54.4 Å². The molecule has 140 valence electrons. The highest BCUT2D eigenvalue weighted by Crippen LogP contribution is 2.30. The quantitative estimate of drug-likeness (QED) is 0.236. The van der Waals surface area contributed by atoms with Crippen molar-refractivity contribution in [2.45, 2.75) is 6.54 Å². The zero-order chi connectivity index (χ0) is 19.7. The molecular formula is C22H21N5S. The predicted octanol–water partition coefficient (Wildman–Crippen LogP) is 3.99. The molecule has 1 heterocycles. The average molecular weight is 388 g/mol. The summed E-state index contributed by atoms with van der Waals surface area (Å²) in [5, 5.41) is 17.2. The third-order valence-electron chi connectivity index (χ3n) is 4.91. The third kappa shape index (κ3) is 3.24. The number of aromatic nitrogens is 1. The van der Waals surface area contributed by atoms with Gasteiger partial charge in [0.2, 0.25) is 0 Å². The lowest BCUT2D eigenvalue weighted by Gasteiger charge is -2.09. The number of hydrogen-bond acceptors (Lipinski definition) is 4. The van der Waals surface area contributed by atoms with Gasteiger partial charge in [0.15, 0.2) is 0 Å². The van der Waals surface area contributed by atoms with Gasteiger partial charge >= 0.3 is 0 Å². The van der Waals surface area contributed by atoms with Crippen LogP contribution < -0.4 is 16.6 Å². The molecule has 0 amide bonds. The number of hydrogen-bond donors (Lipinski definition) is 4. The van der Waals surface area contributed by atoms with Gasteiger partial charge in [-0.2, -0.15) is 0 Å². The Hall–Kier alpha value is -3.22. The van der Waals surface area contributed by atoms with Crippen LogP contribution in [0.15, 0.2) is 72.1 Å². The molecule has 0 bridgehead atoms. The normalized spacial score (nSPS) is 12.0. The van der Waals surface area contributed by atoms with E-state index in [2.05, 4.69) is 28.8 Å². The minimum atomic E-state index is 0.0793. The highest BCUT2D eigenvalue weighted by atomic mass is 32.2. The number of nitrogens with two attached hydrogens (primary N) is 3. The zero-order valence-corrected chi connectivity index (χ0v) is 16.0. The fourth-order valence-corrected chi connectivity index (χ4v) is 3.80. The number of amidine groups is 1. The number of rotatable bonds is 5. The molecule has 0 aliphatic carbocycles. The van der Waals surface area contributed by atoms with Gasteiger partial charge in [-0.3, -0.25) is 10.5 Å². The van der Waals surface area contributed by atoms with Crippen molar-refractivity contribution in [2.24, 2.45) is 16.6 Å². The van der Waals surface area contributed by atoms with Gasteiger partial charge in [-0.05, 0) is 35.4 Å². The number of nitrogen functional groups attached to an aromatic ring is 1. The lowest BCUT2D eigenvalue weighted by atomic mass is 10.1. The van der Waals surface area contributed by atoms with Crippen molar-refractivity contribution in [1.82, 2.24) is 4.57 Å². The molecule has 0 aliphatic rings. The van der Waals surface area contributed by atoms with Crippen molar-refractivity contribution in [3.63, 3.8) is 0 Å². The van der Waals surface area contributed by atoms with E-state index in [0.29, 0.717) is 5.70 Å². The molecule has 0 atom stereocenters. The summed E-state index contributed by atoms with van der Waals surface area (Å²) in [6.45, 7) is 0.735. The summed E-state index contributed by atoms with van der Waals surface area (Å²) >= 11 is 1.10. The Bertz CT molecular complexity index is 1210. The number of para-hydroxylation sites is 1. The molecule has 4 aromatic rings. The van der Waals surface area contributed by atoms with Gasteiger partial charge in [0, 0.05) is 45.0 Å². The van der Waals surface area contributed by atoms with E-state index in [-0.39, 0.29) is 5.84 Å². The highest BCUT2D eigenvalue weighted by Gasteiger charge is 2.12. The van der Waals surface area contributed by atoms with E-state index in [0.717, 1.165) is 51.4 Å². The average Bonchev–Trinajstić information content (AvgIpc) is 3.02. The van der Waals surface area contributed by atoms with Crippen LogP contribution in [-0.4, -0.2) is 10.4 Å². The Morgan fingerprint density at radius 3 is 2.29 bits per heavy atom. The molecule has 0 aliphatic heterocycles. The summed E-state index contributed by atoms with van der Waals surface area (Å²) in [7, 11) is 0. The Labute approximate surface area is 167 Å². The van der Waals surface area contributed by atoms with E-state index >= 15 is 0 Å². The number of nitrogens with zero attached hydrogens (tertiary/aromatic N) is 1. The lowest BCUT2D eigenvalue weighted by molar-refractivity contribution is 0.869. The first-order chi connectivity index (χ1) is 13.6. The molecule has 28 heavy (non-hydrogen) atoms. The van der Waals surface area contributed by atoms with Gasteiger partial charge in [-0.25, -0.2) is 0 Å². The first-order valence-electron chi connectivity index (χ1n) is 8.84. The van der Waals surface area contributed by atoms with Crippen molar-refractivity contribution in [3.8, 4) is 0 Å². The van der Waals surface area contributed by atoms with Gasteiger partial charge in [0.05, 0.1) is 0 Å². The Kier molecular flexibility index (Phi) is 4.81. The van der Waals surface area contributed by atoms with Crippen LogP contribution in [0.25, 0.3) is 27.5 Å². The summed E-state index contributed by atoms with van der Waals surface area (Å²) < 4.78 is 2.29. The van der Waals surface area contributed by atoms with Crippen molar-refractivity contribution in [3.05, 3.63) is 88.8 Å². The molecule has 1 aromatic heterocycles. The van der Waals surface area contributed by atoms with E-state index in [1.807, 2.05) is 42.5 Å². The monoisotopic (exact) mass is 387 g/mol. The van der Waals surface area contributed by atoms with Crippen LogP contribution in [0.3, 0.4) is 0 Å². The molecular weight excluding hydrogens is 366 g/mol. The summed E-state index contributed by atoms with van der Waals surface area (Å²) in [5.41, 5.74) is 17.5. The lowest BCUT2D eigenvalue weighted by Crippen LogP contribution is -2.10. The van der Waals surface area contributed by atoms with E-state index < -0.39 is 0 Å². The molecule has 0 spiro atoms. The first kappa shape index (κ1) is 18.2. The molecule has 0 saturated heterocycles. The van der Waals surface area contributed by atoms with E-state index in [4.69, 9.17) is 22.0 Å². The Morgan fingerprint density at radius 2 is 1.57 bits per heavy atom. The summed E-state index contributed by atoms with van der Waals surface area (Å²) in [5.74, 6) is 0.0793. The molecule has 0 saturated carbocycles. The second kappa shape index (κ2) is 7.42. The molecule has 6 heteroatoms. The van der Waals surface area contributed by atoms with E-state index in [1.165, 1.54) is 5.56 Å². The van der Waals surface area contributed by atoms with Crippen LogP contribution >= 0.6 is 11.9 Å². The molecule has 0 unspecified atom stereocenters. The van der Waals surface area contributed by atoms with Gasteiger partial charge < -0.3 is 16.0 Å². The molecule has 4 rings (SSSR count). The number of nitrogens with one attached hydrogen (secondary N) is 1. The van der Waals surface area contributed by atoms with Crippen LogP contribution in [0.2, 0.25) is 0 Å². The van der Waals surface area contributed by atoms with E-state index in [1.54, 1.807) is 5.41 Å². The Balaban J connectivity index is 1.80. The van der Waals surface area contributed by atoms with Crippen molar-refractivity contribution in [1.29, 1.82) is 5.41 Å². The minimum Gasteiger partial charge on any atom is -0.398 e. The maximum atomic E-state index is 7.74. The predicted molar refractivity (Wildman–Crippen MR) is 120 cm³/mol. The van der Waals surface area contributed by atoms with Crippen LogP contribution in [0, 0.1) is 5.41 Å². The van der Waals surface area contributed by atoms with Crippen LogP contribution in [0.1, 0.15) is 16.7 Å². The second-order valence-corrected chi connectivity index (χ2v) is 7.16.